The molecule has 0 unspecified atom stereocenters. The second kappa shape index (κ2) is 8.04. The van der Waals surface area contributed by atoms with Gasteiger partial charge in [0.25, 0.3) is 11.6 Å². The van der Waals surface area contributed by atoms with Crippen LogP contribution in [0.2, 0.25) is 0 Å². The molecule has 0 heterocycles. The summed E-state index contributed by atoms with van der Waals surface area (Å²) in [6, 6.07) is 2.80. The van der Waals surface area contributed by atoms with Crippen molar-refractivity contribution in [2.45, 2.75) is 26.8 Å². The highest BCUT2D eigenvalue weighted by molar-refractivity contribution is 5.97. The van der Waals surface area contributed by atoms with E-state index in [1.165, 1.54) is 25.1 Å². The van der Waals surface area contributed by atoms with E-state index >= 15 is 0 Å². The van der Waals surface area contributed by atoms with Crippen molar-refractivity contribution < 1.29 is 24.4 Å². The number of carboxylic acids is 1. The maximum atomic E-state index is 12.0. The van der Waals surface area contributed by atoms with Crippen LogP contribution in [0.3, 0.4) is 0 Å². The van der Waals surface area contributed by atoms with Gasteiger partial charge in [0.15, 0.2) is 0 Å². The van der Waals surface area contributed by atoms with E-state index in [0.29, 0.717) is 5.56 Å². The average Bonchev–Trinajstić information content (AvgIpc) is 2.49. The molecule has 0 aliphatic carbocycles. The zero-order chi connectivity index (χ0) is 18.4. The summed E-state index contributed by atoms with van der Waals surface area (Å²) in [7, 11) is 0. The van der Waals surface area contributed by atoms with Crippen LogP contribution in [-0.4, -0.2) is 40.4 Å². The zero-order valence-corrected chi connectivity index (χ0v) is 13.5. The van der Waals surface area contributed by atoms with Crippen molar-refractivity contribution in [1.29, 1.82) is 0 Å². The largest absolute Gasteiger partial charge is 0.480 e. The van der Waals surface area contributed by atoms with Gasteiger partial charge in [0.2, 0.25) is 5.91 Å². The van der Waals surface area contributed by atoms with Crippen molar-refractivity contribution in [3.63, 3.8) is 0 Å². The lowest BCUT2D eigenvalue weighted by Gasteiger charge is -2.18. The molecule has 1 rings (SSSR count). The van der Waals surface area contributed by atoms with Crippen molar-refractivity contribution in [2.75, 3.05) is 6.54 Å². The van der Waals surface area contributed by atoms with Gasteiger partial charge >= 0.3 is 5.97 Å². The first-order valence-electron chi connectivity index (χ1n) is 7.19. The number of hydrogen-bond donors (Lipinski definition) is 3. The summed E-state index contributed by atoms with van der Waals surface area (Å²) < 4.78 is 0. The number of rotatable bonds is 7. The molecule has 1 aromatic carbocycles. The SMILES string of the molecule is Cc1cc(C(=O)NCC(=O)N[C@H](C(=O)O)C(C)C)ccc1[N+](=O)[O-]. The first-order chi connectivity index (χ1) is 11.1. The van der Waals surface area contributed by atoms with Gasteiger partial charge in [-0.25, -0.2) is 4.79 Å². The highest BCUT2D eigenvalue weighted by Crippen LogP contribution is 2.18. The number of amides is 2. The van der Waals surface area contributed by atoms with Crippen LogP contribution in [0.4, 0.5) is 5.69 Å². The number of carbonyl (C=O) groups is 3. The molecule has 3 N–H and O–H groups in total. The van der Waals surface area contributed by atoms with Crippen LogP contribution >= 0.6 is 0 Å². The quantitative estimate of drug-likeness (QED) is 0.498. The predicted octanol–water partition coefficient (Wildman–Crippen LogP) is 0.858. The van der Waals surface area contributed by atoms with Gasteiger partial charge in [0.05, 0.1) is 11.5 Å². The van der Waals surface area contributed by atoms with Crippen LogP contribution in [0.5, 0.6) is 0 Å². The van der Waals surface area contributed by atoms with Crippen molar-refractivity contribution in [2.24, 2.45) is 5.92 Å². The molecule has 0 saturated carbocycles. The monoisotopic (exact) mass is 337 g/mol. The van der Waals surface area contributed by atoms with Crippen molar-refractivity contribution in [3.05, 3.63) is 39.4 Å². The van der Waals surface area contributed by atoms with Gasteiger partial charge in [0, 0.05) is 17.2 Å². The molecule has 1 aromatic rings. The number of carbonyl (C=O) groups excluding carboxylic acids is 2. The van der Waals surface area contributed by atoms with E-state index in [1.54, 1.807) is 13.8 Å². The lowest BCUT2D eigenvalue weighted by molar-refractivity contribution is -0.385. The zero-order valence-electron chi connectivity index (χ0n) is 13.5. The molecule has 0 aliphatic rings. The third kappa shape index (κ3) is 5.04. The summed E-state index contributed by atoms with van der Waals surface area (Å²) in [5, 5.41) is 24.4. The van der Waals surface area contributed by atoms with Gasteiger partial charge in [-0.05, 0) is 25.0 Å². The summed E-state index contributed by atoms with van der Waals surface area (Å²) in [6.45, 7) is 4.40. The standard InChI is InChI=1S/C15H19N3O6/c1-8(2)13(15(21)22)17-12(19)7-16-14(20)10-4-5-11(18(23)24)9(3)6-10/h4-6,8,13H,7H2,1-3H3,(H,16,20)(H,17,19)(H,21,22)/t13-/m0/s1. The Morgan fingerprint density at radius 2 is 1.92 bits per heavy atom. The van der Waals surface area contributed by atoms with E-state index in [2.05, 4.69) is 10.6 Å². The summed E-state index contributed by atoms with van der Waals surface area (Å²) >= 11 is 0. The topological polar surface area (TPSA) is 139 Å². The van der Waals surface area contributed by atoms with Gasteiger partial charge in [-0.15, -0.1) is 0 Å². The highest BCUT2D eigenvalue weighted by Gasteiger charge is 2.23. The molecule has 0 spiro atoms. The minimum Gasteiger partial charge on any atom is -0.480 e. The second-order valence-electron chi connectivity index (χ2n) is 5.57. The normalized spacial score (nSPS) is 11.7. The lowest BCUT2D eigenvalue weighted by atomic mass is 10.0. The first kappa shape index (κ1) is 19.1. The molecule has 9 heteroatoms. The number of nitro groups is 1. The van der Waals surface area contributed by atoms with E-state index in [1.807, 2.05) is 0 Å². The van der Waals surface area contributed by atoms with Crippen molar-refractivity contribution in [1.82, 2.24) is 10.6 Å². The van der Waals surface area contributed by atoms with E-state index in [0.717, 1.165) is 0 Å². The number of nitrogens with zero attached hydrogens (tertiary/aromatic N) is 1. The van der Waals surface area contributed by atoms with E-state index < -0.39 is 35.3 Å². The number of aliphatic carboxylic acids is 1. The molecule has 24 heavy (non-hydrogen) atoms. The van der Waals surface area contributed by atoms with E-state index in [-0.39, 0.29) is 17.2 Å². The second-order valence-corrected chi connectivity index (χ2v) is 5.57. The molecule has 0 saturated heterocycles. The Hall–Kier alpha value is -2.97. The molecule has 2 amide bonds. The molecule has 0 radical (unpaired) electrons. The fourth-order valence-electron chi connectivity index (χ4n) is 2.00. The van der Waals surface area contributed by atoms with Crippen LogP contribution in [0.1, 0.15) is 29.8 Å². The van der Waals surface area contributed by atoms with Gasteiger partial charge in [-0.2, -0.15) is 0 Å². The van der Waals surface area contributed by atoms with Crippen LogP contribution in [0.25, 0.3) is 0 Å². The molecule has 0 aliphatic heterocycles. The summed E-state index contributed by atoms with van der Waals surface area (Å²) in [5.74, 6) is -2.68. The summed E-state index contributed by atoms with van der Waals surface area (Å²) in [4.78, 5) is 44.9. The van der Waals surface area contributed by atoms with Crippen LogP contribution in [0.15, 0.2) is 18.2 Å². The molecule has 0 bridgehead atoms. The molecule has 9 nitrogen and oxygen atoms in total. The van der Waals surface area contributed by atoms with E-state index in [4.69, 9.17) is 5.11 Å². The van der Waals surface area contributed by atoms with Gasteiger partial charge in [-0.3, -0.25) is 19.7 Å². The van der Waals surface area contributed by atoms with E-state index in [9.17, 15) is 24.5 Å². The minimum absolute atomic E-state index is 0.106. The molecule has 1 atom stereocenters. The Kier molecular flexibility index (Phi) is 6.39. The Morgan fingerprint density at radius 3 is 2.38 bits per heavy atom. The van der Waals surface area contributed by atoms with Crippen LogP contribution < -0.4 is 10.6 Å². The average molecular weight is 337 g/mol. The maximum Gasteiger partial charge on any atom is 0.326 e. The number of hydrogen-bond acceptors (Lipinski definition) is 5. The van der Waals surface area contributed by atoms with Gasteiger partial charge in [0.1, 0.15) is 6.04 Å². The fraction of sp³-hybridized carbons (Fsp3) is 0.400. The summed E-state index contributed by atoms with van der Waals surface area (Å²) in [6.07, 6.45) is 0. The van der Waals surface area contributed by atoms with Crippen LogP contribution in [0, 0.1) is 23.0 Å². The molecular weight excluding hydrogens is 318 g/mol. The summed E-state index contributed by atoms with van der Waals surface area (Å²) in [5.41, 5.74) is 0.387. The number of nitro benzene ring substituents is 1. The van der Waals surface area contributed by atoms with Crippen LogP contribution in [-0.2, 0) is 9.59 Å². The fourth-order valence-corrected chi connectivity index (χ4v) is 2.00. The Morgan fingerprint density at radius 1 is 1.29 bits per heavy atom. The Balaban J connectivity index is 2.66. The Labute approximate surface area is 138 Å². The number of benzene rings is 1. The smallest absolute Gasteiger partial charge is 0.326 e. The number of aryl methyl sites for hydroxylation is 1. The molecule has 0 fully saturated rings. The predicted molar refractivity (Wildman–Crippen MR) is 84.6 cm³/mol. The van der Waals surface area contributed by atoms with Crippen molar-refractivity contribution >= 4 is 23.5 Å². The lowest BCUT2D eigenvalue weighted by Crippen LogP contribution is -2.48. The molecular formula is C15H19N3O6. The first-order valence-corrected chi connectivity index (χ1v) is 7.19. The van der Waals surface area contributed by atoms with Gasteiger partial charge in [-0.1, -0.05) is 13.8 Å². The maximum absolute atomic E-state index is 12.0. The minimum atomic E-state index is -1.16. The number of nitrogens with one attached hydrogen (secondary N) is 2. The Bertz CT molecular complexity index is 671. The third-order valence-electron chi connectivity index (χ3n) is 3.31. The van der Waals surface area contributed by atoms with Crippen molar-refractivity contribution in [3.8, 4) is 0 Å². The van der Waals surface area contributed by atoms with Gasteiger partial charge < -0.3 is 15.7 Å². The third-order valence-corrected chi connectivity index (χ3v) is 3.31. The molecule has 0 aromatic heterocycles. The number of carboxylic acid groups (broad SMARTS) is 1. The molecule has 130 valence electrons. The highest BCUT2D eigenvalue weighted by atomic mass is 16.6.